The summed E-state index contributed by atoms with van der Waals surface area (Å²) in [5.74, 6) is 0.393. The zero-order valence-corrected chi connectivity index (χ0v) is 13.4. The fourth-order valence-electron chi connectivity index (χ4n) is 2.29. The lowest BCUT2D eigenvalue weighted by Crippen LogP contribution is -2.40. The molecule has 0 spiro atoms. The fourth-order valence-corrected chi connectivity index (χ4v) is 3.57. The number of anilines is 1. The van der Waals surface area contributed by atoms with Crippen LogP contribution >= 0.6 is 0 Å². The maximum Gasteiger partial charge on any atom is 0.244 e. The number of ether oxygens (including phenoxy) is 1. The van der Waals surface area contributed by atoms with Crippen molar-refractivity contribution in [1.29, 1.82) is 0 Å². The molecule has 0 aromatic carbocycles. The molecule has 2 heterocycles. The van der Waals surface area contributed by atoms with Gasteiger partial charge in [0.2, 0.25) is 10.0 Å². The van der Waals surface area contributed by atoms with Gasteiger partial charge in [0, 0.05) is 25.9 Å². The van der Waals surface area contributed by atoms with Gasteiger partial charge in [0.15, 0.2) is 0 Å². The average Bonchev–Trinajstić information content (AvgIpc) is 2.91. The van der Waals surface area contributed by atoms with E-state index < -0.39 is 15.6 Å². The standard InChI is InChI=1S/C14H23N3O3S/c1-3-8-15-13-12(6-4-9-16-13)21(18,19)17-11-14(2)7-5-10-20-14/h4,6,9,17H,3,5,7-8,10-11H2,1-2H3,(H,15,16). The third kappa shape index (κ3) is 4.15. The van der Waals surface area contributed by atoms with Crippen LogP contribution in [-0.2, 0) is 14.8 Å². The van der Waals surface area contributed by atoms with E-state index in [1.54, 1.807) is 18.3 Å². The summed E-state index contributed by atoms with van der Waals surface area (Å²) in [5, 5.41) is 3.04. The first-order valence-corrected chi connectivity index (χ1v) is 8.78. The monoisotopic (exact) mass is 313 g/mol. The van der Waals surface area contributed by atoms with Gasteiger partial charge >= 0.3 is 0 Å². The zero-order valence-electron chi connectivity index (χ0n) is 12.6. The van der Waals surface area contributed by atoms with E-state index in [1.807, 2.05) is 13.8 Å². The van der Waals surface area contributed by atoms with Gasteiger partial charge in [-0.2, -0.15) is 0 Å². The normalized spacial score (nSPS) is 22.4. The maximum absolute atomic E-state index is 12.5. The Labute approximate surface area is 126 Å². The summed E-state index contributed by atoms with van der Waals surface area (Å²) in [6, 6.07) is 3.19. The van der Waals surface area contributed by atoms with Crippen LogP contribution in [0.4, 0.5) is 5.82 Å². The molecule has 0 saturated carbocycles. The molecule has 1 unspecified atom stereocenters. The Hall–Kier alpha value is -1.18. The van der Waals surface area contributed by atoms with E-state index in [-0.39, 0.29) is 11.4 Å². The number of nitrogens with zero attached hydrogens (tertiary/aromatic N) is 1. The van der Waals surface area contributed by atoms with Crippen LogP contribution in [0.3, 0.4) is 0 Å². The number of sulfonamides is 1. The highest BCUT2D eigenvalue weighted by Gasteiger charge is 2.32. The van der Waals surface area contributed by atoms with Crippen LogP contribution in [0, 0.1) is 0 Å². The Kier molecular flexibility index (Phi) is 5.18. The number of rotatable bonds is 7. The van der Waals surface area contributed by atoms with E-state index in [2.05, 4.69) is 15.0 Å². The van der Waals surface area contributed by atoms with Crippen molar-refractivity contribution in [2.75, 3.05) is 25.0 Å². The van der Waals surface area contributed by atoms with Gasteiger partial charge < -0.3 is 10.1 Å². The Morgan fingerprint density at radius 1 is 1.48 bits per heavy atom. The summed E-state index contributed by atoms with van der Waals surface area (Å²) in [5.41, 5.74) is -0.410. The van der Waals surface area contributed by atoms with E-state index >= 15 is 0 Å². The zero-order chi connectivity index (χ0) is 15.3. The molecule has 0 aliphatic carbocycles. The molecule has 1 saturated heterocycles. The minimum Gasteiger partial charge on any atom is -0.374 e. The van der Waals surface area contributed by atoms with Gasteiger partial charge in [-0.05, 0) is 38.3 Å². The SMILES string of the molecule is CCCNc1ncccc1S(=O)(=O)NCC1(C)CCCO1. The van der Waals surface area contributed by atoms with Gasteiger partial charge in [0.1, 0.15) is 10.7 Å². The molecule has 7 heteroatoms. The number of aromatic nitrogens is 1. The molecular weight excluding hydrogens is 290 g/mol. The van der Waals surface area contributed by atoms with Gasteiger partial charge in [-0.15, -0.1) is 0 Å². The minimum atomic E-state index is -3.60. The molecule has 1 aromatic rings. The summed E-state index contributed by atoms with van der Waals surface area (Å²) >= 11 is 0. The van der Waals surface area contributed by atoms with Crippen LogP contribution in [0.15, 0.2) is 23.2 Å². The van der Waals surface area contributed by atoms with Gasteiger partial charge in [0.25, 0.3) is 0 Å². The van der Waals surface area contributed by atoms with E-state index in [0.29, 0.717) is 19.0 Å². The molecule has 1 fully saturated rings. The van der Waals surface area contributed by atoms with Gasteiger partial charge in [0.05, 0.1) is 5.60 Å². The second-order valence-corrected chi connectivity index (χ2v) is 7.24. The predicted octanol–water partition coefficient (Wildman–Crippen LogP) is 1.75. The molecular formula is C14H23N3O3S. The highest BCUT2D eigenvalue weighted by atomic mass is 32.2. The molecule has 0 amide bonds. The van der Waals surface area contributed by atoms with Crippen LogP contribution in [0.2, 0.25) is 0 Å². The lowest BCUT2D eigenvalue weighted by atomic mass is 10.0. The molecule has 1 atom stereocenters. The van der Waals surface area contributed by atoms with Gasteiger partial charge in [-0.1, -0.05) is 6.92 Å². The quantitative estimate of drug-likeness (QED) is 0.801. The average molecular weight is 313 g/mol. The highest BCUT2D eigenvalue weighted by molar-refractivity contribution is 7.89. The Morgan fingerprint density at radius 3 is 2.95 bits per heavy atom. The first-order valence-electron chi connectivity index (χ1n) is 7.29. The molecule has 6 nitrogen and oxygen atoms in total. The molecule has 0 radical (unpaired) electrons. The molecule has 118 valence electrons. The minimum absolute atomic E-state index is 0.181. The van der Waals surface area contributed by atoms with E-state index in [4.69, 9.17) is 4.74 Å². The number of pyridine rings is 1. The highest BCUT2D eigenvalue weighted by Crippen LogP contribution is 2.25. The molecule has 21 heavy (non-hydrogen) atoms. The van der Waals surface area contributed by atoms with Crippen molar-refractivity contribution < 1.29 is 13.2 Å². The number of hydrogen-bond acceptors (Lipinski definition) is 5. The third-order valence-corrected chi connectivity index (χ3v) is 4.97. The Morgan fingerprint density at radius 2 is 2.29 bits per heavy atom. The van der Waals surface area contributed by atoms with Crippen LogP contribution < -0.4 is 10.0 Å². The van der Waals surface area contributed by atoms with E-state index in [0.717, 1.165) is 19.3 Å². The van der Waals surface area contributed by atoms with Crippen LogP contribution in [0.5, 0.6) is 0 Å². The van der Waals surface area contributed by atoms with Gasteiger partial charge in [-0.3, -0.25) is 0 Å². The summed E-state index contributed by atoms with van der Waals surface area (Å²) < 4.78 is 33.2. The summed E-state index contributed by atoms with van der Waals surface area (Å²) in [4.78, 5) is 4.30. The predicted molar refractivity (Wildman–Crippen MR) is 81.8 cm³/mol. The molecule has 1 aliphatic rings. The summed E-state index contributed by atoms with van der Waals surface area (Å²) in [6.45, 7) is 5.59. The molecule has 1 aromatic heterocycles. The molecule has 1 aliphatic heterocycles. The lowest BCUT2D eigenvalue weighted by molar-refractivity contribution is 0.0250. The maximum atomic E-state index is 12.5. The van der Waals surface area contributed by atoms with Crippen LogP contribution in [-0.4, -0.2) is 38.7 Å². The van der Waals surface area contributed by atoms with Crippen molar-refractivity contribution in [3.63, 3.8) is 0 Å². The summed E-state index contributed by atoms with van der Waals surface area (Å²) in [6.07, 6.45) is 4.31. The van der Waals surface area contributed by atoms with Gasteiger partial charge in [-0.25, -0.2) is 18.1 Å². The van der Waals surface area contributed by atoms with Crippen molar-refractivity contribution in [3.8, 4) is 0 Å². The van der Waals surface area contributed by atoms with E-state index in [1.165, 1.54) is 0 Å². The molecule has 0 bridgehead atoms. The lowest BCUT2D eigenvalue weighted by Gasteiger charge is -2.23. The first-order chi connectivity index (χ1) is 9.97. The van der Waals surface area contributed by atoms with Crippen LogP contribution in [0.25, 0.3) is 0 Å². The van der Waals surface area contributed by atoms with Crippen molar-refractivity contribution in [1.82, 2.24) is 9.71 Å². The van der Waals surface area contributed by atoms with Crippen molar-refractivity contribution in [2.24, 2.45) is 0 Å². The largest absolute Gasteiger partial charge is 0.374 e. The fraction of sp³-hybridized carbons (Fsp3) is 0.643. The third-order valence-electron chi connectivity index (χ3n) is 3.54. The second kappa shape index (κ2) is 6.72. The topological polar surface area (TPSA) is 80.3 Å². The van der Waals surface area contributed by atoms with Crippen molar-refractivity contribution in [2.45, 2.75) is 43.6 Å². The number of nitrogens with one attached hydrogen (secondary N) is 2. The Bertz CT molecular complexity index is 569. The first kappa shape index (κ1) is 16.2. The molecule has 2 N–H and O–H groups in total. The van der Waals surface area contributed by atoms with Crippen molar-refractivity contribution >= 4 is 15.8 Å². The smallest absolute Gasteiger partial charge is 0.244 e. The van der Waals surface area contributed by atoms with E-state index in [9.17, 15) is 8.42 Å². The summed E-state index contributed by atoms with van der Waals surface area (Å²) in [7, 11) is -3.60. The second-order valence-electron chi connectivity index (χ2n) is 5.50. The Balaban J connectivity index is 2.11. The van der Waals surface area contributed by atoms with Crippen molar-refractivity contribution in [3.05, 3.63) is 18.3 Å². The molecule has 2 rings (SSSR count). The van der Waals surface area contributed by atoms with Crippen LogP contribution in [0.1, 0.15) is 33.1 Å². The number of hydrogen-bond donors (Lipinski definition) is 2.